The lowest BCUT2D eigenvalue weighted by molar-refractivity contribution is 0.102. The first-order valence-corrected chi connectivity index (χ1v) is 6.68. The maximum absolute atomic E-state index is 13.3. The fourth-order valence-electron chi connectivity index (χ4n) is 2.92. The fraction of sp³-hybridized carbons (Fsp3) is 0.600. The van der Waals surface area contributed by atoms with Gasteiger partial charge in [0.15, 0.2) is 0 Å². The Morgan fingerprint density at radius 1 is 1.17 bits per heavy atom. The number of hydrogen-bond donors (Lipinski definition) is 1. The molecule has 0 heterocycles. The van der Waals surface area contributed by atoms with Gasteiger partial charge in [-0.1, -0.05) is 13.8 Å². The summed E-state index contributed by atoms with van der Waals surface area (Å²) in [6, 6.07) is 3.05. The molecule has 2 N–H and O–H groups in total. The van der Waals surface area contributed by atoms with Gasteiger partial charge in [0.25, 0.3) is 0 Å². The van der Waals surface area contributed by atoms with Crippen LogP contribution < -0.4 is 10.5 Å². The van der Waals surface area contributed by atoms with E-state index in [0.717, 1.165) is 12.8 Å². The van der Waals surface area contributed by atoms with Crippen molar-refractivity contribution < 1.29 is 9.13 Å². The first kappa shape index (κ1) is 13.2. The van der Waals surface area contributed by atoms with Crippen molar-refractivity contribution in [1.29, 1.82) is 0 Å². The number of nitrogens with two attached hydrogens (primary N) is 1. The molecule has 1 aromatic rings. The molecule has 1 saturated carbocycles. The van der Waals surface area contributed by atoms with Crippen molar-refractivity contribution in [3.05, 3.63) is 23.5 Å². The summed E-state index contributed by atoms with van der Waals surface area (Å²) in [5, 5.41) is 0. The molecule has 0 saturated heterocycles. The van der Waals surface area contributed by atoms with Crippen molar-refractivity contribution in [2.24, 2.45) is 11.8 Å². The van der Waals surface area contributed by atoms with Crippen molar-refractivity contribution in [3.8, 4) is 5.75 Å². The Morgan fingerprint density at radius 2 is 1.78 bits per heavy atom. The summed E-state index contributed by atoms with van der Waals surface area (Å²) < 4.78 is 19.3. The van der Waals surface area contributed by atoms with Crippen molar-refractivity contribution >= 4 is 5.69 Å². The molecule has 0 spiro atoms. The van der Waals surface area contributed by atoms with Gasteiger partial charge in [-0.05, 0) is 49.7 Å². The summed E-state index contributed by atoms with van der Waals surface area (Å²) in [6.45, 7) is 6.24. The van der Waals surface area contributed by atoms with Crippen LogP contribution in [0.2, 0.25) is 0 Å². The smallest absolute Gasteiger partial charge is 0.143 e. The van der Waals surface area contributed by atoms with Gasteiger partial charge in [-0.15, -0.1) is 0 Å². The Balaban J connectivity index is 2.11. The third-order valence-corrected chi connectivity index (χ3v) is 3.72. The van der Waals surface area contributed by atoms with Gasteiger partial charge in [-0.2, -0.15) is 0 Å². The van der Waals surface area contributed by atoms with E-state index in [1.54, 1.807) is 13.0 Å². The topological polar surface area (TPSA) is 35.2 Å². The Labute approximate surface area is 108 Å². The molecule has 3 heteroatoms. The number of ether oxygens (including phenoxy) is 1. The van der Waals surface area contributed by atoms with Crippen molar-refractivity contribution in [1.82, 2.24) is 0 Å². The highest BCUT2D eigenvalue weighted by molar-refractivity contribution is 5.54. The van der Waals surface area contributed by atoms with Gasteiger partial charge in [-0.25, -0.2) is 4.39 Å². The molecule has 2 rings (SSSR count). The molecular formula is C15H22FNO. The summed E-state index contributed by atoms with van der Waals surface area (Å²) in [5.41, 5.74) is 6.78. The number of aryl methyl sites for hydroxylation is 1. The number of nitrogen functional groups attached to an aromatic ring is 1. The standard InChI is InChI=1S/C15H22FNO/c1-9-4-10(2)6-12(5-9)18-15-7-11(3)13(16)8-14(15)17/h7-10,12H,4-6,17H2,1-3H3. The molecule has 1 aliphatic carbocycles. The monoisotopic (exact) mass is 251 g/mol. The summed E-state index contributed by atoms with van der Waals surface area (Å²) in [6.07, 6.45) is 3.58. The summed E-state index contributed by atoms with van der Waals surface area (Å²) in [7, 11) is 0. The van der Waals surface area contributed by atoms with Crippen LogP contribution in [0.25, 0.3) is 0 Å². The van der Waals surface area contributed by atoms with E-state index in [1.807, 2.05) is 0 Å². The Hall–Kier alpha value is -1.25. The van der Waals surface area contributed by atoms with E-state index in [0.29, 0.717) is 28.8 Å². The van der Waals surface area contributed by atoms with E-state index >= 15 is 0 Å². The highest BCUT2D eigenvalue weighted by Crippen LogP contribution is 2.33. The Bertz CT molecular complexity index is 423. The third-order valence-electron chi connectivity index (χ3n) is 3.72. The molecule has 1 aromatic carbocycles. The molecule has 1 fully saturated rings. The molecule has 18 heavy (non-hydrogen) atoms. The Kier molecular flexibility index (Phi) is 3.79. The molecule has 0 amide bonds. The van der Waals surface area contributed by atoms with Crippen LogP contribution in [0.15, 0.2) is 12.1 Å². The van der Waals surface area contributed by atoms with E-state index in [-0.39, 0.29) is 11.9 Å². The quantitative estimate of drug-likeness (QED) is 0.808. The number of hydrogen-bond acceptors (Lipinski definition) is 2. The highest BCUT2D eigenvalue weighted by Gasteiger charge is 2.25. The molecular weight excluding hydrogens is 229 g/mol. The minimum absolute atomic E-state index is 0.205. The largest absolute Gasteiger partial charge is 0.488 e. The van der Waals surface area contributed by atoms with Crippen molar-refractivity contribution in [2.75, 3.05) is 5.73 Å². The van der Waals surface area contributed by atoms with Gasteiger partial charge in [0.2, 0.25) is 0 Å². The van der Waals surface area contributed by atoms with Crippen LogP contribution in [0.4, 0.5) is 10.1 Å². The lowest BCUT2D eigenvalue weighted by Gasteiger charge is -2.32. The maximum atomic E-state index is 13.3. The summed E-state index contributed by atoms with van der Waals surface area (Å²) in [4.78, 5) is 0. The van der Waals surface area contributed by atoms with Gasteiger partial charge in [0.05, 0.1) is 11.8 Å². The lowest BCUT2D eigenvalue weighted by Crippen LogP contribution is -2.28. The van der Waals surface area contributed by atoms with Gasteiger partial charge in [0, 0.05) is 6.07 Å². The second-order valence-electron chi connectivity index (χ2n) is 5.80. The van der Waals surface area contributed by atoms with Crippen molar-refractivity contribution in [3.63, 3.8) is 0 Å². The molecule has 1 aliphatic rings. The molecule has 0 aliphatic heterocycles. The van der Waals surface area contributed by atoms with Crippen LogP contribution >= 0.6 is 0 Å². The summed E-state index contributed by atoms with van der Waals surface area (Å²) >= 11 is 0. The predicted molar refractivity (Wildman–Crippen MR) is 72.1 cm³/mol. The zero-order chi connectivity index (χ0) is 13.3. The zero-order valence-corrected chi connectivity index (χ0v) is 11.4. The van der Waals surface area contributed by atoms with E-state index < -0.39 is 0 Å². The molecule has 0 aromatic heterocycles. The van der Waals surface area contributed by atoms with Crippen molar-refractivity contribution in [2.45, 2.75) is 46.1 Å². The minimum Gasteiger partial charge on any atom is -0.488 e. The van der Waals surface area contributed by atoms with Crippen LogP contribution in [0.1, 0.15) is 38.7 Å². The third kappa shape index (κ3) is 2.95. The van der Waals surface area contributed by atoms with Gasteiger partial charge in [-0.3, -0.25) is 0 Å². The SMILES string of the molecule is Cc1cc(OC2CC(C)CC(C)C2)c(N)cc1F. The average Bonchev–Trinajstić information content (AvgIpc) is 2.24. The molecule has 2 nitrogen and oxygen atoms in total. The second-order valence-corrected chi connectivity index (χ2v) is 5.80. The zero-order valence-electron chi connectivity index (χ0n) is 11.4. The highest BCUT2D eigenvalue weighted by atomic mass is 19.1. The van der Waals surface area contributed by atoms with Crippen LogP contribution in [0.3, 0.4) is 0 Å². The molecule has 2 unspecified atom stereocenters. The Morgan fingerprint density at radius 3 is 2.39 bits per heavy atom. The minimum atomic E-state index is -0.273. The normalized spacial score (nSPS) is 28.1. The number of halogens is 1. The van der Waals surface area contributed by atoms with E-state index in [1.165, 1.54) is 12.5 Å². The number of benzene rings is 1. The number of rotatable bonds is 2. The first-order chi connectivity index (χ1) is 8.45. The van der Waals surface area contributed by atoms with Crippen LogP contribution in [0, 0.1) is 24.6 Å². The maximum Gasteiger partial charge on any atom is 0.143 e. The van der Waals surface area contributed by atoms with E-state index in [2.05, 4.69) is 13.8 Å². The summed E-state index contributed by atoms with van der Waals surface area (Å²) in [5.74, 6) is 1.72. The van der Waals surface area contributed by atoms with Crippen LogP contribution in [-0.4, -0.2) is 6.10 Å². The molecule has 0 radical (unpaired) electrons. The van der Waals surface area contributed by atoms with Gasteiger partial charge < -0.3 is 10.5 Å². The second kappa shape index (κ2) is 5.17. The van der Waals surface area contributed by atoms with E-state index in [4.69, 9.17) is 10.5 Å². The fourth-order valence-corrected chi connectivity index (χ4v) is 2.92. The van der Waals surface area contributed by atoms with Crippen LogP contribution in [0.5, 0.6) is 5.75 Å². The first-order valence-electron chi connectivity index (χ1n) is 6.68. The molecule has 2 atom stereocenters. The number of anilines is 1. The van der Waals surface area contributed by atoms with Crippen LogP contribution in [-0.2, 0) is 0 Å². The molecule has 0 bridgehead atoms. The lowest BCUT2D eigenvalue weighted by atomic mass is 9.82. The van der Waals surface area contributed by atoms with Gasteiger partial charge in [0.1, 0.15) is 11.6 Å². The van der Waals surface area contributed by atoms with Gasteiger partial charge >= 0.3 is 0 Å². The average molecular weight is 251 g/mol. The van der Waals surface area contributed by atoms with E-state index in [9.17, 15) is 4.39 Å². The molecule has 100 valence electrons. The predicted octanol–water partition coefficient (Wildman–Crippen LogP) is 3.92.